The molecule has 0 saturated heterocycles. The summed E-state index contributed by atoms with van der Waals surface area (Å²) in [4.78, 5) is 9.01. The summed E-state index contributed by atoms with van der Waals surface area (Å²) < 4.78 is 34.3. The average Bonchev–Trinajstić information content (AvgIpc) is 3.18. The Labute approximate surface area is 177 Å². The van der Waals surface area contributed by atoms with E-state index in [0.29, 0.717) is 18.9 Å². The molecule has 0 saturated carbocycles. The highest BCUT2D eigenvalue weighted by Crippen LogP contribution is 2.31. The maximum Gasteiger partial charge on any atom is 0.244 e. The zero-order valence-electron chi connectivity index (χ0n) is 17.6. The van der Waals surface area contributed by atoms with Crippen molar-refractivity contribution >= 4 is 15.8 Å². The molecule has 0 unspecified atom stereocenters. The summed E-state index contributed by atoms with van der Waals surface area (Å²) in [6.45, 7) is 4.45. The summed E-state index contributed by atoms with van der Waals surface area (Å²) in [6, 6.07) is 10.6. The fourth-order valence-electron chi connectivity index (χ4n) is 3.32. The average molecular weight is 430 g/mol. The summed E-state index contributed by atoms with van der Waals surface area (Å²) in [7, 11) is -0.0119. The number of hydrogen-bond donors (Lipinski definition) is 1. The van der Waals surface area contributed by atoms with Crippen LogP contribution in [0.5, 0.6) is 5.75 Å². The Balaban J connectivity index is 1.95. The third kappa shape index (κ3) is 4.31. The van der Waals surface area contributed by atoms with Gasteiger partial charge in [-0.15, -0.1) is 0 Å². The minimum absolute atomic E-state index is 0.169. The highest BCUT2D eigenvalue weighted by molar-refractivity contribution is 7.89. The number of para-hydroxylation sites is 1. The van der Waals surface area contributed by atoms with Gasteiger partial charge in [-0.25, -0.2) is 18.4 Å². The van der Waals surface area contributed by atoms with Crippen molar-refractivity contribution in [2.24, 2.45) is 7.05 Å². The predicted octanol–water partition coefficient (Wildman–Crippen LogP) is 3.06. The van der Waals surface area contributed by atoms with Crippen molar-refractivity contribution in [1.29, 1.82) is 0 Å². The van der Waals surface area contributed by atoms with Gasteiger partial charge >= 0.3 is 0 Å². The highest BCUT2D eigenvalue weighted by Gasteiger charge is 2.24. The van der Waals surface area contributed by atoms with Crippen LogP contribution in [0.2, 0.25) is 0 Å². The lowest BCUT2D eigenvalue weighted by atomic mass is 10.0. The fourth-order valence-corrected chi connectivity index (χ4v) is 4.72. The minimum atomic E-state index is -3.55. The molecule has 9 heteroatoms. The third-order valence-electron chi connectivity index (χ3n) is 4.94. The Morgan fingerprint density at radius 2 is 1.87 bits per heavy atom. The van der Waals surface area contributed by atoms with Gasteiger partial charge in [0, 0.05) is 44.3 Å². The molecular weight excluding hydrogens is 402 g/mol. The van der Waals surface area contributed by atoms with Crippen molar-refractivity contribution in [3.05, 3.63) is 66.4 Å². The zero-order valence-corrected chi connectivity index (χ0v) is 18.4. The molecule has 0 aliphatic carbocycles. The van der Waals surface area contributed by atoms with Gasteiger partial charge in [-0.1, -0.05) is 32.0 Å². The quantitative estimate of drug-likeness (QED) is 0.562. The third-order valence-corrected chi connectivity index (χ3v) is 6.97. The Bertz CT molecular complexity index is 1080. The number of hydrogen-bond acceptors (Lipinski definition) is 6. The molecular formula is C21H27N5O3S. The monoisotopic (exact) mass is 429 g/mol. The Hall–Kier alpha value is -2.91. The molecule has 0 amide bonds. The normalized spacial score (nSPS) is 12.7. The van der Waals surface area contributed by atoms with Crippen molar-refractivity contribution in [1.82, 2.24) is 18.8 Å². The molecule has 0 bridgehead atoms. The number of nitrogens with one attached hydrogen (secondary N) is 1. The van der Waals surface area contributed by atoms with E-state index in [1.165, 1.54) is 10.5 Å². The van der Waals surface area contributed by atoms with Gasteiger partial charge in [-0.3, -0.25) is 0 Å². The number of nitrogens with zero attached hydrogens (tertiary/aromatic N) is 4. The lowest BCUT2D eigenvalue weighted by Gasteiger charge is -2.22. The zero-order chi connectivity index (χ0) is 21.7. The van der Waals surface area contributed by atoms with E-state index in [4.69, 9.17) is 4.74 Å². The number of sulfonamides is 1. The second-order valence-electron chi connectivity index (χ2n) is 6.68. The molecule has 2 heterocycles. The topological polar surface area (TPSA) is 89.4 Å². The minimum Gasteiger partial charge on any atom is -0.496 e. The number of imidazole rings is 1. The number of ether oxygens (including phenoxy) is 1. The van der Waals surface area contributed by atoms with Crippen molar-refractivity contribution < 1.29 is 13.2 Å². The van der Waals surface area contributed by atoms with Crippen LogP contribution in [0.15, 0.2) is 59.9 Å². The number of aromatic nitrogens is 3. The molecule has 3 rings (SSSR count). The van der Waals surface area contributed by atoms with E-state index in [9.17, 15) is 8.42 Å². The van der Waals surface area contributed by atoms with Crippen molar-refractivity contribution in [3.8, 4) is 5.75 Å². The van der Waals surface area contributed by atoms with Crippen LogP contribution in [0.1, 0.15) is 31.3 Å². The molecule has 8 nitrogen and oxygen atoms in total. The molecule has 0 aliphatic heterocycles. The summed E-state index contributed by atoms with van der Waals surface area (Å²) in [5.74, 6) is 2.03. The van der Waals surface area contributed by atoms with Gasteiger partial charge in [-0.05, 0) is 18.2 Å². The van der Waals surface area contributed by atoms with Crippen molar-refractivity contribution in [2.75, 3.05) is 25.5 Å². The Morgan fingerprint density at radius 1 is 1.13 bits per heavy atom. The van der Waals surface area contributed by atoms with E-state index in [2.05, 4.69) is 15.3 Å². The van der Waals surface area contributed by atoms with Crippen LogP contribution in [-0.4, -0.2) is 47.5 Å². The number of pyridine rings is 1. The van der Waals surface area contributed by atoms with Crippen LogP contribution in [0, 0.1) is 0 Å². The maximum absolute atomic E-state index is 12.7. The first-order valence-electron chi connectivity index (χ1n) is 9.75. The molecule has 1 aromatic carbocycles. The van der Waals surface area contributed by atoms with Crippen LogP contribution in [0.4, 0.5) is 5.82 Å². The Morgan fingerprint density at radius 3 is 2.43 bits per heavy atom. The molecule has 1 atom stereocenters. The molecule has 0 aliphatic rings. The van der Waals surface area contributed by atoms with Crippen molar-refractivity contribution in [3.63, 3.8) is 0 Å². The first-order valence-corrected chi connectivity index (χ1v) is 11.2. The Kier molecular flexibility index (Phi) is 6.73. The molecule has 3 aromatic rings. The molecule has 30 heavy (non-hydrogen) atoms. The van der Waals surface area contributed by atoms with E-state index < -0.39 is 10.0 Å². The van der Waals surface area contributed by atoms with E-state index in [0.717, 1.165) is 17.1 Å². The van der Waals surface area contributed by atoms with Crippen LogP contribution < -0.4 is 10.1 Å². The van der Waals surface area contributed by atoms with E-state index >= 15 is 0 Å². The smallest absolute Gasteiger partial charge is 0.244 e. The first-order chi connectivity index (χ1) is 14.4. The van der Waals surface area contributed by atoms with Crippen LogP contribution >= 0.6 is 0 Å². The van der Waals surface area contributed by atoms with Gasteiger partial charge < -0.3 is 14.6 Å². The summed E-state index contributed by atoms with van der Waals surface area (Å²) >= 11 is 0. The van der Waals surface area contributed by atoms with Gasteiger partial charge in [-0.2, -0.15) is 4.31 Å². The first kappa shape index (κ1) is 21.8. The molecule has 1 N–H and O–H groups in total. The van der Waals surface area contributed by atoms with Crippen LogP contribution in [0.3, 0.4) is 0 Å². The number of anilines is 1. The molecule has 0 spiro atoms. The van der Waals surface area contributed by atoms with Crippen LogP contribution in [0.25, 0.3) is 0 Å². The summed E-state index contributed by atoms with van der Waals surface area (Å²) in [5, 5.41) is 3.37. The standard InChI is InChI=1S/C21H27N5O3S/c1-5-26(6-2)30(27,28)16-11-12-19(23-15-16)24-20(21-22-13-14-25(21)3)17-9-7-8-10-18(17)29-4/h7-15,20H,5-6H2,1-4H3,(H,23,24)/t20-/m0/s1. The summed E-state index contributed by atoms with van der Waals surface area (Å²) in [5.41, 5.74) is 0.899. The van der Waals surface area contributed by atoms with Gasteiger partial charge in [0.05, 0.1) is 7.11 Å². The van der Waals surface area contributed by atoms with Crippen LogP contribution in [-0.2, 0) is 17.1 Å². The SMILES string of the molecule is CCN(CC)S(=O)(=O)c1ccc(N[C@@H](c2ccccc2OC)c2nccn2C)nc1. The van der Waals surface area contributed by atoms with Gasteiger partial charge in [0.2, 0.25) is 10.0 Å². The molecule has 160 valence electrons. The van der Waals surface area contributed by atoms with Crippen molar-refractivity contribution in [2.45, 2.75) is 24.8 Å². The van der Waals surface area contributed by atoms with Gasteiger partial charge in [0.1, 0.15) is 28.3 Å². The second-order valence-corrected chi connectivity index (χ2v) is 8.62. The molecule has 2 aromatic heterocycles. The molecule has 0 radical (unpaired) electrons. The summed E-state index contributed by atoms with van der Waals surface area (Å²) in [6.07, 6.45) is 4.98. The maximum atomic E-state index is 12.7. The number of rotatable bonds is 9. The van der Waals surface area contributed by atoms with E-state index in [-0.39, 0.29) is 10.9 Å². The second kappa shape index (κ2) is 9.27. The lowest BCUT2D eigenvalue weighted by Crippen LogP contribution is -2.30. The van der Waals surface area contributed by atoms with E-state index in [1.54, 1.807) is 25.4 Å². The highest BCUT2D eigenvalue weighted by atomic mass is 32.2. The van der Waals surface area contributed by atoms with Gasteiger partial charge in [0.25, 0.3) is 0 Å². The lowest BCUT2D eigenvalue weighted by molar-refractivity contribution is 0.408. The van der Waals surface area contributed by atoms with E-state index in [1.807, 2.05) is 55.9 Å². The number of benzene rings is 1. The molecule has 0 fully saturated rings. The number of aryl methyl sites for hydroxylation is 1. The largest absolute Gasteiger partial charge is 0.496 e. The van der Waals surface area contributed by atoms with Gasteiger partial charge in [0.15, 0.2) is 0 Å². The number of methoxy groups -OCH3 is 1. The predicted molar refractivity (Wildman–Crippen MR) is 116 cm³/mol. The fraction of sp³-hybridized carbons (Fsp3) is 0.333.